The smallest absolute Gasteiger partial charge is 0.267 e. The molecule has 0 saturated carbocycles. The van der Waals surface area contributed by atoms with Crippen LogP contribution >= 0.6 is 24.0 Å². The Kier molecular flexibility index (Phi) is 8.06. The number of likely N-dealkylation sites (N-methyl/N-ethyl adjacent to an activating group) is 1. The molecule has 4 rings (SSSR count). The first-order valence-corrected chi connectivity index (χ1v) is 13.4. The van der Waals surface area contributed by atoms with Crippen LogP contribution in [0.3, 0.4) is 0 Å². The number of unbranched alkanes of at least 4 members (excludes halogenated alkanes) is 3. The molecule has 34 heavy (non-hydrogen) atoms. The van der Waals surface area contributed by atoms with Crippen LogP contribution in [0.1, 0.15) is 50.7 Å². The number of thioether (sulfide) groups is 1. The highest BCUT2D eigenvalue weighted by atomic mass is 32.2. The Morgan fingerprint density at radius 2 is 1.88 bits per heavy atom. The van der Waals surface area contributed by atoms with Crippen molar-refractivity contribution in [2.24, 2.45) is 0 Å². The minimum absolute atomic E-state index is 0.109. The summed E-state index contributed by atoms with van der Waals surface area (Å²) >= 11 is 6.80. The number of fused-ring (bicyclic) bond motifs is 1. The van der Waals surface area contributed by atoms with E-state index >= 15 is 0 Å². The monoisotopic (exact) mass is 499 g/mol. The molecule has 0 radical (unpaired) electrons. The Balaban J connectivity index is 1.72. The SMILES string of the molecule is CCCCCCN1C(=O)/C(=C/c2c(N3CCN(CC)CC3)nc3c(C)cccn3c2=O)SC1=S. The fourth-order valence-corrected chi connectivity index (χ4v) is 5.75. The summed E-state index contributed by atoms with van der Waals surface area (Å²) in [6.45, 7) is 11.4. The van der Waals surface area contributed by atoms with E-state index < -0.39 is 0 Å². The summed E-state index contributed by atoms with van der Waals surface area (Å²) in [4.78, 5) is 38.5. The number of anilines is 1. The standard InChI is InChI=1S/C25H33N5O2S2/c1-4-6-7-8-11-30-24(32)20(34-25(30)33)17-19-22(28-15-13-27(5-2)14-16-28)26-21-18(3)10-9-12-29(21)23(19)31/h9-10,12,17H,4-8,11,13-16H2,1-3H3/b20-17-. The lowest BCUT2D eigenvalue weighted by molar-refractivity contribution is -0.122. The second-order valence-corrected chi connectivity index (χ2v) is 10.5. The van der Waals surface area contributed by atoms with Gasteiger partial charge in [0.2, 0.25) is 0 Å². The minimum atomic E-state index is -0.158. The van der Waals surface area contributed by atoms with E-state index in [1.54, 1.807) is 21.6 Å². The van der Waals surface area contributed by atoms with E-state index in [0.717, 1.165) is 64.0 Å². The van der Waals surface area contributed by atoms with Crippen LogP contribution in [0.25, 0.3) is 11.7 Å². The Morgan fingerprint density at radius 3 is 2.59 bits per heavy atom. The maximum absolute atomic E-state index is 13.6. The third kappa shape index (κ3) is 5.06. The summed E-state index contributed by atoms with van der Waals surface area (Å²) in [6.07, 6.45) is 7.77. The molecule has 2 aromatic heterocycles. The van der Waals surface area contributed by atoms with Crippen molar-refractivity contribution in [1.29, 1.82) is 0 Å². The Hall–Kier alpha value is -2.23. The van der Waals surface area contributed by atoms with Crippen LogP contribution in [0.15, 0.2) is 28.0 Å². The first-order valence-electron chi connectivity index (χ1n) is 12.2. The van der Waals surface area contributed by atoms with Gasteiger partial charge in [-0.2, -0.15) is 0 Å². The van der Waals surface area contributed by atoms with Gasteiger partial charge in [-0.05, 0) is 37.6 Å². The number of hydrogen-bond acceptors (Lipinski definition) is 7. The average molecular weight is 500 g/mol. The van der Waals surface area contributed by atoms with Crippen LogP contribution in [0.5, 0.6) is 0 Å². The van der Waals surface area contributed by atoms with Crippen molar-refractivity contribution in [2.45, 2.75) is 46.5 Å². The molecule has 2 aromatic rings. The number of thiocarbonyl (C=S) groups is 1. The van der Waals surface area contributed by atoms with E-state index in [1.165, 1.54) is 11.8 Å². The van der Waals surface area contributed by atoms with Gasteiger partial charge >= 0.3 is 0 Å². The van der Waals surface area contributed by atoms with Crippen LogP contribution < -0.4 is 10.5 Å². The highest BCUT2D eigenvalue weighted by molar-refractivity contribution is 8.26. The van der Waals surface area contributed by atoms with Crippen LogP contribution in [0.2, 0.25) is 0 Å². The van der Waals surface area contributed by atoms with Crippen molar-refractivity contribution in [3.8, 4) is 0 Å². The summed E-state index contributed by atoms with van der Waals surface area (Å²) in [5, 5.41) is 0. The predicted molar refractivity (Wildman–Crippen MR) is 145 cm³/mol. The fraction of sp³-hybridized carbons (Fsp3) is 0.520. The van der Waals surface area contributed by atoms with E-state index in [4.69, 9.17) is 17.2 Å². The first-order chi connectivity index (χ1) is 16.4. The van der Waals surface area contributed by atoms with Gasteiger partial charge in [-0.15, -0.1) is 0 Å². The number of pyridine rings is 1. The highest BCUT2D eigenvalue weighted by Crippen LogP contribution is 2.34. The van der Waals surface area contributed by atoms with Gasteiger partial charge in [-0.3, -0.25) is 18.9 Å². The molecule has 0 atom stereocenters. The lowest BCUT2D eigenvalue weighted by atomic mass is 10.2. The van der Waals surface area contributed by atoms with Gasteiger partial charge in [0, 0.05) is 38.9 Å². The third-order valence-electron chi connectivity index (χ3n) is 6.57. The van der Waals surface area contributed by atoms with Crippen molar-refractivity contribution < 1.29 is 4.79 Å². The van der Waals surface area contributed by atoms with E-state index in [-0.39, 0.29) is 11.5 Å². The largest absolute Gasteiger partial charge is 0.353 e. The Labute approximate surface area is 210 Å². The minimum Gasteiger partial charge on any atom is -0.353 e. The first kappa shape index (κ1) is 24.9. The lowest BCUT2D eigenvalue weighted by Gasteiger charge is -2.35. The normalized spacial score (nSPS) is 18.6. The molecule has 0 unspecified atom stereocenters. The second kappa shape index (κ2) is 11.0. The molecule has 2 aliphatic heterocycles. The molecule has 1 amide bonds. The van der Waals surface area contributed by atoms with Crippen LogP contribution in [-0.2, 0) is 4.79 Å². The van der Waals surface area contributed by atoms with Crippen molar-refractivity contribution in [3.05, 3.63) is 44.7 Å². The van der Waals surface area contributed by atoms with Crippen molar-refractivity contribution in [2.75, 3.05) is 44.2 Å². The van der Waals surface area contributed by atoms with Crippen molar-refractivity contribution in [1.82, 2.24) is 19.2 Å². The second-order valence-electron chi connectivity index (χ2n) is 8.85. The fourth-order valence-electron chi connectivity index (χ4n) is 4.46. The number of aromatic nitrogens is 2. The molecule has 2 aliphatic rings. The average Bonchev–Trinajstić information content (AvgIpc) is 3.11. The Morgan fingerprint density at radius 1 is 1.12 bits per heavy atom. The van der Waals surface area contributed by atoms with Gasteiger partial charge < -0.3 is 9.80 Å². The van der Waals surface area contributed by atoms with Gasteiger partial charge in [0.1, 0.15) is 15.8 Å². The summed E-state index contributed by atoms with van der Waals surface area (Å²) in [5.74, 6) is 0.547. The molecule has 2 fully saturated rings. The number of hydrogen-bond donors (Lipinski definition) is 0. The summed E-state index contributed by atoms with van der Waals surface area (Å²) in [6, 6.07) is 3.81. The molecule has 0 spiro atoms. The van der Waals surface area contributed by atoms with E-state index in [9.17, 15) is 9.59 Å². The van der Waals surface area contributed by atoms with Gasteiger partial charge in [0.05, 0.1) is 10.5 Å². The van der Waals surface area contributed by atoms with Gasteiger partial charge in [-0.1, -0.05) is 63.2 Å². The van der Waals surface area contributed by atoms with Crippen LogP contribution in [0.4, 0.5) is 5.82 Å². The Bertz CT molecular complexity index is 1170. The molecule has 7 nitrogen and oxygen atoms in total. The molecule has 0 bridgehead atoms. The van der Waals surface area contributed by atoms with Gasteiger partial charge in [0.15, 0.2) is 0 Å². The van der Waals surface area contributed by atoms with Crippen LogP contribution in [0, 0.1) is 6.92 Å². The number of aryl methyl sites for hydroxylation is 1. The number of piperazine rings is 1. The third-order valence-corrected chi connectivity index (χ3v) is 7.95. The summed E-state index contributed by atoms with van der Waals surface area (Å²) in [5.41, 5.74) is 1.90. The van der Waals surface area contributed by atoms with Gasteiger partial charge in [0.25, 0.3) is 11.5 Å². The quantitative estimate of drug-likeness (QED) is 0.310. The van der Waals surface area contributed by atoms with Gasteiger partial charge in [-0.25, -0.2) is 4.98 Å². The zero-order valence-electron chi connectivity index (χ0n) is 20.2. The molecule has 182 valence electrons. The van der Waals surface area contributed by atoms with E-state index in [2.05, 4.69) is 23.6 Å². The number of rotatable bonds is 8. The number of carbonyl (C=O) groups is 1. The highest BCUT2D eigenvalue weighted by Gasteiger charge is 2.32. The topological polar surface area (TPSA) is 61.2 Å². The van der Waals surface area contributed by atoms with Crippen LogP contribution in [-0.4, -0.2) is 68.7 Å². The summed E-state index contributed by atoms with van der Waals surface area (Å²) in [7, 11) is 0. The summed E-state index contributed by atoms with van der Waals surface area (Å²) < 4.78 is 2.15. The molecular weight excluding hydrogens is 466 g/mol. The van der Waals surface area contributed by atoms with E-state index in [0.29, 0.717) is 32.8 Å². The zero-order valence-corrected chi connectivity index (χ0v) is 21.9. The molecule has 0 aromatic carbocycles. The van der Waals surface area contributed by atoms with E-state index in [1.807, 2.05) is 19.1 Å². The molecule has 4 heterocycles. The predicted octanol–water partition coefficient (Wildman–Crippen LogP) is 3.93. The van der Waals surface area contributed by atoms with Crippen molar-refractivity contribution in [3.63, 3.8) is 0 Å². The zero-order chi connectivity index (χ0) is 24.2. The molecular formula is C25H33N5O2S2. The molecule has 0 aliphatic carbocycles. The number of nitrogens with zero attached hydrogens (tertiary/aromatic N) is 5. The number of carbonyl (C=O) groups excluding carboxylic acids is 1. The van der Waals surface area contributed by atoms with Crippen molar-refractivity contribution >= 4 is 51.7 Å². The maximum atomic E-state index is 13.6. The maximum Gasteiger partial charge on any atom is 0.267 e. The molecule has 0 N–H and O–H groups in total. The molecule has 9 heteroatoms. The lowest BCUT2D eigenvalue weighted by Crippen LogP contribution is -2.47. The number of amides is 1. The molecule has 2 saturated heterocycles.